The monoisotopic (exact) mass is 447 g/mol. The summed E-state index contributed by atoms with van der Waals surface area (Å²) < 4.78 is 5.06. The van der Waals surface area contributed by atoms with Crippen LogP contribution in [0.15, 0.2) is 0 Å². The largest absolute Gasteiger partial charge is 0.464 e. The van der Waals surface area contributed by atoms with E-state index in [-0.39, 0.29) is 12.5 Å². The van der Waals surface area contributed by atoms with Gasteiger partial charge in [-0.15, -0.1) is 0 Å². The van der Waals surface area contributed by atoms with E-state index in [1.54, 1.807) is 6.92 Å². The summed E-state index contributed by atoms with van der Waals surface area (Å²) in [4.78, 5) is 37.2. The van der Waals surface area contributed by atoms with Crippen LogP contribution in [0.2, 0.25) is 0 Å². The number of esters is 1. The van der Waals surface area contributed by atoms with Gasteiger partial charge in [-0.2, -0.15) is 0 Å². The Kier molecular flexibility index (Phi) is 18.7. The summed E-state index contributed by atoms with van der Waals surface area (Å²) in [7, 11) is 4.21. The molecule has 0 heterocycles. The first kappa shape index (κ1) is 28.7. The predicted molar refractivity (Wildman–Crippen MR) is 122 cm³/mol. The minimum atomic E-state index is -0.633. The predicted octanol–water partition coefficient (Wildman–Crippen LogP) is 4.23. The molecule has 0 aliphatic heterocycles. The number of ether oxygens (including phenoxy) is 1. The molecule has 7 nitrogen and oxygen atoms in total. The van der Waals surface area contributed by atoms with E-state index in [1.165, 1.54) is 32.1 Å². The van der Waals surface area contributed by atoms with Gasteiger partial charge < -0.3 is 20.3 Å². The second-order valence-corrected chi connectivity index (χ2v) is 8.29. The number of amides is 2. The summed E-state index contributed by atoms with van der Waals surface area (Å²) in [6.07, 6.45) is 11.6. The van der Waals surface area contributed by atoms with Gasteiger partial charge in [-0.05, 0) is 71.3 Å². The van der Waals surface area contributed by atoms with Gasteiger partial charge in [-0.3, -0.25) is 9.59 Å². The number of carbonyl (C=O) groups excluding carboxylic acids is 3. The average Bonchev–Trinajstić information content (AvgIpc) is 2.67. The fraction of sp³-hybridized carbons (Fsp3) is 0.864. The van der Waals surface area contributed by atoms with Gasteiger partial charge in [0.1, 0.15) is 6.04 Å². The molecule has 0 spiro atoms. The average molecular weight is 448 g/mol. The van der Waals surface area contributed by atoms with E-state index in [1.807, 2.05) is 0 Å². The Morgan fingerprint density at radius 3 is 2.07 bits per heavy atom. The zero-order valence-corrected chi connectivity index (χ0v) is 19.9. The van der Waals surface area contributed by atoms with Gasteiger partial charge >= 0.3 is 11.3 Å². The van der Waals surface area contributed by atoms with Crippen LogP contribution in [-0.4, -0.2) is 62.0 Å². The number of carbonyl (C=O) groups is 3. The molecule has 0 rings (SSSR count). The molecule has 0 bridgehead atoms. The lowest BCUT2D eigenvalue weighted by Crippen LogP contribution is -2.41. The standard InChI is InChI=1S/C22H42ClN3O4/c1-4-30-21(28)19(15-12-13-17-24-22(23)29)25-20(27)16-11-9-7-5-6-8-10-14-18-26(2)3/h19H,4-18H2,1-3H3,(H,24,29)(H,25,27). The molecular formula is C22H42ClN3O4. The molecule has 2 amide bonds. The van der Waals surface area contributed by atoms with Crippen molar-refractivity contribution in [2.45, 2.75) is 90.0 Å². The normalized spacial score (nSPS) is 11.9. The number of nitrogens with zero attached hydrogens (tertiary/aromatic N) is 1. The molecule has 1 unspecified atom stereocenters. The third-order valence-corrected chi connectivity index (χ3v) is 4.98. The van der Waals surface area contributed by atoms with Gasteiger partial charge in [0.15, 0.2) is 0 Å². The first-order valence-electron chi connectivity index (χ1n) is 11.4. The maximum Gasteiger partial charge on any atom is 0.328 e. The van der Waals surface area contributed by atoms with Crippen LogP contribution in [0.3, 0.4) is 0 Å². The van der Waals surface area contributed by atoms with Crippen LogP contribution in [0.5, 0.6) is 0 Å². The van der Waals surface area contributed by atoms with Crippen molar-refractivity contribution < 1.29 is 19.1 Å². The third kappa shape index (κ3) is 18.7. The Labute approximate surface area is 187 Å². The molecule has 2 N–H and O–H groups in total. The fourth-order valence-corrected chi connectivity index (χ4v) is 3.29. The molecule has 0 radical (unpaired) electrons. The van der Waals surface area contributed by atoms with E-state index in [0.29, 0.717) is 32.2 Å². The molecule has 0 aliphatic carbocycles. The van der Waals surface area contributed by atoms with Gasteiger partial charge in [0.25, 0.3) is 0 Å². The number of halogens is 1. The minimum absolute atomic E-state index is 0.106. The topological polar surface area (TPSA) is 87.7 Å². The molecule has 30 heavy (non-hydrogen) atoms. The molecule has 0 aromatic carbocycles. The van der Waals surface area contributed by atoms with Crippen molar-refractivity contribution in [3.63, 3.8) is 0 Å². The van der Waals surface area contributed by atoms with Crippen LogP contribution >= 0.6 is 11.6 Å². The van der Waals surface area contributed by atoms with E-state index in [2.05, 4.69) is 29.6 Å². The van der Waals surface area contributed by atoms with Crippen LogP contribution in [0, 0.1) is 0 Å². The maximum absolute atomic E-state index is 12.2. The number of unbranched alkanes of at least 4 members (excludes halogenated alkanes) is 8. The summed E-state index contributed by atoms with van der Waals surface area (Å²) in [6, 6.07) is -0.633. The quantitative estimate of drug-likeness (QED) is 0.134. The van der Waals surface area contributed by atoms with Gasteiger partial charge in [-0.25, -0.2) is 4.79 Å². The number of hydrogen-bond donors (Lipinski definition) is 2. The lowest BCUT2D eigenvalue weighted by molar-refractivity contribution is -0.147. The molecule has 0 fully saturated rings. The molecule has 0 saturated heterocycles. The minimum Gasteiger partial charge on any atom is -0.464 e. The van der Waals surface area contributed by atoms with E-state index in [4.69, 9.17) is 16.3 Å². The Morgan fingerprint density at radius 2 is 1.50 bits per heavy atom. The summed E-state index contributed by atoms with van der Waals surface area (Å²) >= 11 is 5.22. The Bertz CT molecular complexity index is 475. The van der Waals surface area contributed by atoms with Crippen molar-refractivity contribution in [2.24, 2.45) is 0 Å². The highest BCUT2D eigenvalue weighted by atomic mass is 35.5. The van der Waals surface area contributed by atoms with Crippen molar-refractivity contribution in [3.8, 4) is 0 Å². The second-order valence-electron chi connectivity index (χ2n) is 7.95. The van der Waals surface area contributed by atoms with Crippen molar-refractivity contribution in [2.75, 3.05) is 33.8 Å². The third-order valence-electron chi connectivity index (χ3n) is 4.85. The van der Waals surface area contributed by atoms with Crippen LogP contribution in [0.25, 0.3) is 0 Å². The molecule has 176 valence electrons. The number of hydrogen-bond acceptors (Lipinski definition) is 5. The maximum atomic E-state index is 12.2. The van der Waals surface area contributed by atoms with Crippen molar-refractivity contribution >= 4 is 28.8 Å². The smallest absolute Gasteiger partial charge is 0.328 e. The lowest BCUT2D eigenvalue weighted by atomic mass is 10.1. The zero-order valence-electron chi connectivity index (χ0n) is 19.1. The molecule has 8 heteroatoms. The van der Waals surface area contributed by atoms with Gasteiger partial charge in [-0.1, -0.05) is 38.5 Å². The SMILES string of the molecule is CCOC(=O)C(CCCCNC(=O)Cl)NC(=O)CCCCCCCCCCN(C)C. The van der Waals surface area contributed by atoms with E-state index >= 15 is 0 Å². The molecule has 0 saturated carbocycles. The molecule has 0 aliphatic rings. The van der Waals surface area contributed by atoms with Crippen LogP contribution < -0.4 is 10.6 Å². The summed E-state index contributed by atoms with van der Waals surface area (Å²) in [5, 5.41) is 4.71. The second kappa shape index (κ2) is 19.6. The summed E-state index contributed by atoms with van der Waals surface area (Å²) in [6.45, 7) is 3.63. The van der Waals surface area contributed by atoms with E-state index in [0.717, 1.165) is 25.8 Å². The van der Waals surface area contributed by atoms with Crippen molar-refractivity contribution in [3.05, 3.63) is 0 Å². The van der Waals surface area contributed by atoms with Crippen molar-refractivity contribution in [1.82, 2.24) is 15.5 Å². The summed E-state index contributed by atoms with van der Waals surface area (Å²) in [5.74, 6) is -0.507. The lowest BCUT2D eigenvalue weighted by Gasteiger charge is -2.17. The fourth-order valence-electron chi connectivity index (χ4n) is 3.19. The van der Waals surface area contributed by atoms with E-state index in [9.17, 15) is 14.4 Å². The van der Waals surface area contributed by atoms with Crippen LogP contribution in [-0.2, 0) is 14.3 Å². The highest BCUT2D eigenvalue weighted by molar-refractivity contribution is 6.62. The van der Waals surface area contributed by atoms with Gasteiger partial charge in [0.05, 0.1) is 6.61 Å². The molecule has 0 aromatic heterocycles. The number of nitrogens with one attached hydrogen (secondary N) is 2. The Morgan fingerprint density at radius 1 is 0.900 bits per heavy atom. The van der Waals surface area contributed by atoms with Crippen molar-refractivity contribution in [1.29, 1.82) is 0 Å². The van der Waals surface area contributed by atoms with E-state index < -0.39 is 17.4 Å². The zero-order chi connectivity index (χ0) is 22.6. The van der Waals surface area contributed by atoms with Gasteiger partial charge in [0.2, 0.25) is 5.91 Å². The highest BCUT2D eigenvalue weighted by Crippen LogP contribution is 2.10. The van der Waals surface area contributed by atoms with Crippen LogP contribution in [0.4, 0.5) is 4.79 Å². The highest BCUT2D eigenvalue weighted by Gasteiger charge is 2.21. The van der Waals surface area contributed by atoms with Crippen LogP contribution in [0.1, 0.15) is 84.0 Å². The Hall–Kier alpha value is -1.34. The first-order valence-corrected chi connectivity index (χ1v) is 11.8. The molecular weight excluding hydrogens is 406 g/mol. The molecule has 1 atom stereocenters. The van der Waals surface area contributed by atoms with Gasteiger partial charge in [0, 0.05) is 13.0 Å². The Balaban J connectivity index is 3.90. The summed E-state index contributed by atoms with van der Waals surface area (Å²) in [5.41, 5.74) is 0. The number of rotatable bonds is 19. The first-order chi connectivity index (χ1) is 14.4. The molecule has 0 aromatic rings.